The Morgan fingerprint density at radius 1 is 1.73 bits per heavy atom. The molecule has 15 heavy (non-hydrogen) atoms. The molecule has 0 aliphatic carbocycles. The number of aliphatic carboxylic acids is 1. The topological polar surface area (TPSA) is 74.8 Å². The van der Waals surface area contributed by atoms with Gasteiger partial charge in [-0.1, -0.05) is 11.3 Å². The van der Waals surface area contributed by atoms with Crippen LogP contribution in [0.1, 0.15) is 11.8 Å². The van der Waals surface area contributed by atoms with Crippen LogP contribution in [0.5, 0.6) is 5.88 Å². The molecule has 0 unspecified atom stereocenters. The van der Waals surface area contributed by atoms with Crippen molar-refractivity contribution in [3.63, 3.8) is 0 Å². The predicted octanol–water partition coefficient (Wildman–Crippen LogP) is 1.51. The third-order valence-electron chi connectivity index (χ3n) is 1.65. The van der Waals surface area contributed by atoms with Crippen LogP contribution in [0.25, 0.3) is 0 Å². The Morgan fingerprint density at radius 3 is 2.87 bits per heavy atom. The largest absolute Gasteiger partial charge is 0.493 e. The average molecular weight is 246 g/mol. The molecule has 0 saturated carbocycles. The fraction of sp³-hybridized carbons (Fsp3) is 0.375. The summed E-state index contributed by atoms with van der Waals surface area (Å²) in [4.78, 5) is 14.4. The van der Waals surface area contributed by atoms with Gasteiger partial charge in [0.25, 0.3) is 0 Å². The maximum absolute atomic E-state index is 10.2. The van der Waals surface area contributed by atoms with E-state index >= 15 is 0 Å². The molecular formula is C8H10N2O3S2. The maximum Gasteiger partial charge on any atom is 0.325 e. The number of aromatic nitrogens is 1. The smallest absolute Gasteiger partial charge is 0.325 e. The summed E-state index contributed by atoms with van der Waals surface area (Å²) in [7, 11) is 0. The number of hydrogen-bond donors (Lipinski definition) is 2. The van der Waals surface area contributed by atoms with Gasteiger partial charge in [0.2, 0.25) is 5.88 Å². The van der Waals surface area contributed by atoms with Crippen LogP contribution in [0.4, 0.5) is 0 Å². The van der Waals surface area contributed by atoms with Crippen LogP contribution in [0.2, 0.25) is 0 Å². The van der Waals surface area contributed by atoms with Crippen molar-refractivity contribution in [2.24, 2.45) is 4.99 Å². The van der Waals surface area contributed by atoms with E-state index in [2.05, 4.69) is 4.99 Å². The molecule has 7 heteroatoms. The van der Waals surface area contributed by atoms with Gasteiger partial charge >= 0.3 is 5.97 Å². The second-order valence-corrected chi connectivity index (χ2v) is 4.34. The van der Waals surface area contributed by atoms with Crippen LogP contribution in [-0.2, 0) is 11.3 Å². The third kappa shape index (κ3) is 2.87. The summed E-state index contributed by atoms with van der Waals surface area (Å²) < 4.78 is 2.11. The Balaban J connectivity index is 2.92. The van der Waals surface area contributed by atoms with Crippen molar-refractivity contribution in [2.75, 3.05) is 6.54 Å². The highest BCUT2D eigenvalue weighted by Gasteiger charge is 2.07. The van der Waals surface area contributed by atoms with E-state index in [1.807, 2.05) is 6.92 Å². The van der Waals surface area contributed by atoms with Gasteiger partial charge in [-0.3, -0.25) is 14.4 Å². The first-order valence-electron chi connectivity index (χ1n) is 4.20. The van der Waals surface area contributed by atoms with Gasteiger partial charge in [0.15, 0.2) is 3.95 Å². The fourth-order valence-electron chi connectivity index (χ4n) is 0.984. The van der Waals surface area contributed by atoms with Gasteiger partial charge in [0.05, 0.1) is 0 Å². The molecular weight excluding hydrogens is 236 g/mol. The number of hydrogen-bond acceptors (Lipinski definition) is 5. The van der Waals surface area contributed by atoms with E-state index in [0.717, 1.165) is 0 Å². The SMILES string of the molecule is CCn1c(O)c(C=NCC(=O)O)sc1=S. The number of carbonyl (C=O) groups is 1. The molecule has 0 spiro atoms. The Morgan fingerprint density at radius 2 is 2.40 bits per heavy atom. The van der Waals surface area contributed by atoms with Gasteiger partial charge in [-0.15, -0.1) is 0 Å². The van der Waals surface area contributed by atoms with Crippen molar-refractivity contribution in [3.8, 4) is 5.88 Å². The highest BCUT2D eigenvalue weighted by atomic mass is 32.1. The van der Waals surface area contributed by atoms with Crippen molar-refractivity contribution >= 4 is 35.7 Å². The molecule has 1 aromatic rings. The lowest BCUT2D eigenvalue weighted by molar-refractivity contribution is -0.135. The van der Waals surface area contributed by atoms with Gasteiger partial charge in [-0.2, -0.15) is 0 Å². The fourth-order valence-corrected chi connectivity index (χ4v) is 2.31. The van der Waals surface area contributed by atoms with Crippen molar-refractivity contribution in [1.82, 2.24) is 4.57 Å². The molecule has 2 N–H and O–H groups in total. The summed E-state index contributed by atoms with van der Waals surface area (Å²) in [5.41, 5.74) is 0. The summed E-state index contributed by atoms with van der Waals surface area (Å²) in [6.07, 6.45) is 1.33. The summed E-state index contributed by atoms with van der Waals surface area (Å²) >= 11 is 6.21. The lowest BCUT2D eigenvalue weighted by Crippen LogP contribution is -1.99. The minimum atomic E-state index is -1.01. The first kappa shape index (κ1) is 11.9. The van der Waals surface area contributed by atoms with Crippen LogP contribution in [-0.4, -0.2) is 33.5 Å². The molecule has 0 aliphatic rings. The Labute approximate surface area is 95.3 Å². The molecule has 0 aromatic carbocycles. The van der Waals surface area contributed by atoms with Crippen molar-refractivity contribution < 1.29 is 15.0 Å². The van der Waals surface area contributed by atoms with Gasteiger partial charge in [0.1, 0.15) is 11.4 Å². The maximum atomic E-state index is 10.2. The predicted molar refractivity (Wildman–Crippen MR) is 60.6 cm³/mol. The molecule has 0 saturated heterocycles. The van der Waals surface area contributed by atoms with Crippen LogP contribution in [0.15, 0.2) is 4.99 Å². The standard InChI is InChI=1S/C8H10N2O3S2/c1-2-10-7(13)5(15-8(10)14)3-9-4-6(11)12/h3,13H,2,4H2,1H3,(H,11,12). The number of rotatable bonds is 4. The molecule has 0 amide bonds. The Hall–Kier alpha value is -1.21. The summed E-state index contributed by atoms with van der Waals surface area (Å²) in [6, 6.07) is 0. The van der Waals surface area contributed by atoms with Crippen LogP contribution in [0.3, 0.4) is 0 Å². The number of carboxylic acid groups (broad SMARTS) is 1. The normalized spacial score (nSPS) is 11.0. The average Bonchev–Trinajstić information content (AvgIpc) is 2.41. The molecule has 1 rings (SSSR count). The quantitative estimate of drug-likeness (QED) is 0.623. The van der Waals surface area contributed by atoms with E-state index in [1.165, 1.54) is 17.6 Å². The zero-order valence-corrected chi connectivity index (χ0v) is 9.64. The number of aliphatic imine (C=N–C) groups is 1. The van der Waals surface area contributed by atoms with E-state index in [0.29, 0.717) is 15.4 Å². The molecule has 82 valence electrons. The van der Waals surface area contributed by atoms with Crippen LogP contribution < -0.4 is 0 Å². The van der Waals surface area contributed by atoms with Gasteiger partial charge in [0, 0.05) is 12.8 Å². The van der Waals surface area contributed by atoms with E-state index in [1.54, 1.807) is 4.57 Å². The monoisotopic (exact) mass is 246 g/mol. The minimum absolute atomic E-state index is 0.0432. The van der Waals surface area contributed by atoms with E-state index in [4.69, 9.17) is 17.3 Å². The number of thiazole rings is 1. The zero-order valence-electron chi connectivity index (χ0n) is 8.01. The van der Waals surface area contributed by atoms with Gasteiger partial charge in [-0.25, -0.2) is 0 Å². The zero-order chi connectivity index (χ0) is 11.4. The Kier molecular flexibility index (Phi) is 3.98. The second kappa shape index (κ2) is 5.04. The number of nitrogens with zero attached hydrogens (tertiary/aromatic N) is 2. The first-order valence-corrected chi connectivity index (χ1v) is 5.43. The van der Waals surface area contributed by atoms with Crippen molar-refractivity contribution in [3.05, 3.63) is 8.83 Å². The van der Waals surface area contributed by atoms with Crippen molar-refractivity contribution in [2.45, 2.75) is 13.5 Å². The van der Waals surface area contributed by atoms with E-state index in [9.17, 15) is 9.90 Å². The summed E-state index contributed by atoms with van der Waals surface area (Å²) in [6.45, 7) is 2.13. The minimum Gasteiger partial charge on any atom is -0.493 e. The lowest BCUT2D eigenvalue weighted by Gasteiger charge is -1.97. The molecule has 5 nitrogen and oxygen atoms in total. The van der Waals surface area contributed by atoms with Crippen molar-refractivity contribution in [1.29, 1.82) is 0 Å². The molecule has 0 fully saturated rings. The van der Waals surface area contributed by atoms with Gasteiger partial charge < -0.3 is 10.2 Å². The molecule has 0 atom stereocenters. The van der Waals surface area contributed by atoms with Gasteiger partial charge in [-0.05, 0) is 19.1 Å². The van der Waals surface area contributed by atoms with E-state index in [-0.39, 0.29) is 12.4 Å². The number of carboxylic acids is 1. The molecule has 1 aromatic heterocycles. The third-order valence-corrected chi connectivity index (χ3v) is 3.02. The first-order chi connectivity index (χ1) is 7.06. The molecule has 0 aliphatic heterocycles. The second-order valence-electron chi connectivity index (χ2n) is 2.66. The van der Waals surface area contributed by atoms with E-state index < -0.39 is 5.97 Å². The highest BCUT2D eigenvalue weighted by Crippen LogP contribution is 2.23. The van der Waals surface area contributed by atoms with Crippen LogP contribution >= 0.6 is 23.6 Å². The number of aromatic hydroxyl groups is 1. The Bertz CT molecular complexity index is 447. The highest BCUT2D eigenvalue weighted by molar-refractivity contribution is 7.73. The summed E-state index contributed by atoms with van der Waals surface area (Å²) in [5.74, 6) is -0.967. The summed E-state index contributed by atoms with van der Waals surface area (Å²) in [5, 5.41) is 18.0. The molecule has 1 heterocycles. The van der Waals surface area contributed by atoms with Crippen LogP contribution in [0, 0.1) is 3.95 Å². The lowest BCUT2D eigenvalue weighted by atomic mass is 10.5. The molecule has 0 bridgehead atoms. The molecule has 0 radical (unpaired) electrons.